The Morgan fingerprint density at radius 1 is 1.07 bits per heavy atom. The lowest BCUT2D eigenvalue weighted by Crippen LogP contribution is -2.57. The van der Waals surface area contributed by atoms with Crippen LogP contribution in [0.5, 0.6) is 0 Å². The van der Waals surface area contributed by atoms with Gasteiger partial charge >= 0.3 is 0 Å². The Morgan fingerprint density at radius 2 is 1.80 bits per heavy atom. The number of rotatable bonds is 11. The highest BCUT2D eigenvalue weighted by Gasteiger charge is 2.41. The van der Waals surface area contributed by atoms with Crippen LogP contribution in [0.1, 0.15) is 64.4 Å². The third-order valence-electron chi connectivity index (χ3n) is 7.88. The molecule has 9 heteroatoms. The number of carbonyl (C=O) groups is 3. The van der Waals surface area contributed by atoms with Crippen LogP contribution in [0.15, 0.2) is 48.5 Å². The summed E-state index contributed by atoms with van der Waals surface area (Å²) in [4.78, 5) is 48.8. The molecule has 1 aliphatic heterocycles. The highest BCUT2D eigenvalue weighted by atomic mass is 32.1. The van der Waals surface area contributed by atoms with E-state index in [1.165, 1.54) is 0 Å². The van der Waals surface area contributed by atoms with Crippen molar-refractivity contribution >= 4 is 39.3 Å². The number of hydrogen-bond acceptors (Lipinski definition) is 6. The number of likely N-dealkylation sites (N-methyl/N-ethyl adjacent to an activating group) is 2. The summed E-state index contributed by atoms with van der Waals surface area (Å²) >= 11 is 1.62. The number of amides is 3. The minimum Gasteiger partial charge on any atom is -0.343 e. The zero-order chi connectivity index (χ0) is 29.7. The van der Waals surface area contributed by atoms with Crippen molar-refractivity contribution in [1.29, 1.82) is 0 Å². The molecule has 2 N–H and O–H groups in total. The number of nitrogens with zero attached hydrogens (tertiary/aromatic N) is 3. The molecule has 0 aliphatic carbocycles. The molecule has 1 fully saturated rings. The fourth-order valence-corrected chi connectivity index (χ4v) is 6.72. The van der Waals surface area contributed by atoms with Gasteiger partial charge < -0.3 is 20.4 Å². The third-order valence-corrected chi connectivity index (χ3v) is 9.00. The van der Waals surface area contributed by atoms with Gasteiger partial charge in [0, 0.05) is 31.6 Å². The first-order valence-corrected chi connectivity index (χ1v) is 15.4. The van der Waals surface area contributed by atoms with E-state index in [1.54, 1.807) is 30.3 Å². The smallest absolute Gasteiger partial charge is 0.247 e. The molecular weight excluding hydrogens is 534 g/mol. The predicted octanol–water partition coefficient (Wildman–Crippen LogP) is 5.00. The number of para-hydroxylation sites is 1. The molecule has 2 heterocycles. The molecule has 8 nitrogen and oxygen atoms in total. The van der Waals surface area contributed by atoms with Crippen molar-refractivity contribution in [3.63, 3.8) is 0 Å². The molecule has 2 aromatic carbocycles. The molecule has 1 saturated heterocycles. The number of likely N-dealkylation sites (tertiary alicyclic amines) is 1. The van der Waals surface area contributed by atoms with Crippen LogP contribution in [-0.2, 0) is 14.4 Å². The van der Waals surface area contributed by atoms with E-state index in [9.17, 15) is 14.4 Å². The van der Waals surface area contributed by atoms with Gasteiger partial charge in [-0.3, -0.25) is 14.4 Å². The van der Waals surface area contributed by atoms with Gasteiger partial charge in [-0.1, -0.05) is 63.2 Å². The van der Waals surface area contributed by atoms with E-state index in [0.29, 0.717) is 12.8 Å². The van der Waals surface area contributed by atoms with Crippen molar-refractivity contribution in [2.24, 2.45) is 5.92 Å². The molecule has 3 amide bonds. The summed E-state index contributed by atoms with van der Waals surface area (Å²) < 4.78 is 1.08. The normalized spacial score (nSPS) is 18.5. The lowest BCUT2D eigenvalue weighted by atomic mass is 10.0. The van der Waals surface area contributed by atoms with Crippen LogP contribution in [0.2, 0.25) is 0 Å². The van der Waals surface area contributed by atoms with Gasteiger partial charge in [-0.25, -0.2) is 4.98 Å². The number of fused-ring (bicyclic) bond motifs is 1. The summed E-state index contributed by atoms with van der Waals surface area (Å²) in [6, 6.07) is 14.9. The van der Waals surface area contributed by atoms with Crippen LogP contribution in [0.4, 0.5) is 0 Å². The Labute approximate surface area is 247 Å². The van der Waals surface area contributed by atoms with E-state index in [2.05, 4.69) is 41.8 Å². The summed E-state index contributed by atoms with van der Waals surface area (Å²) in [7, 11) is 3.44. The molecule has 0 bridgehead atoms. The first kappa shape index (κ1) is 30.7. The van der Waals surface area contributed by atoms with Crippen LogP contribution < -0.4 is 10.6 Å². The summed E-state index contributed by atoms with van der Waals surface area (Å²) in [5.74, 6) is -0.261. The van der Waals surface area contributed by atoms with Crippen LogP contribution in [0.3, 0.4) is 0 Å². The van der Waals surface area contributed by atoms with Gasteiger partial charge in [0.25, 0.3) is 0 Å². The molecule has 1 unspecified atom stereocenters. The van der Waals surface area contributed by atoms with E-state index >= 15 is 0 Å². The van der Waals surface area contributed by atoms with E-state index in [4.69, 9.17) is 4.98 Å². The molecule has 1 aliphatic rings. The topological polar surface area (TPSA) is 94.6 Å². The largest absolute Gasteiger partial charge is 0.343 e. The molecule has 1 aromatic heterocycles. The Hall–Kier alpha value is -3.30. The second-order valence-corrected chi connectivity index (χ2v) is 12.5. The number of carbonyl (C=O) groups excluding carboxylic acids is 3. The van der Waals surface area contributed by atoms with Crippen LogP contribution in [0, 0.1) is 5.92 Å². The highest BCUT2D eigenvalue weighted by Crippen LogP contribution is 2.41. The van der Waals surface area contributed by atoms with Crippen molar-refractivity contribution < 1.29 is 14.4 Å². The van der Waals surface area contributed by atoms with Gasteiger partial charge in [-0.05, 0) is 50.8 Å². The maximum absolute atomic E-state index is 14.3. The first-order valence-electron chi connectivity index (χ1n) is 14.6. The predicted molar refractivity (Wildman–Crippen MR) is 166 cm³/mol. The summed E-state index contributed by atoms with van der Waals surface area (Å²) in [6.45, 7) is 8.07. The van der Waals surface area contributed by atoms with Crippen LogP contribution in [-0.4, -0.2) is 71.3 Å². The van der Waals surface area contributed by atoms with Crippen molar-refractivity contribution in [3.05, 3.63) is 53.5 Å². The zero-order valence-corrected chi connectivity index (χ0v) is 25.8. The second kappa shape index (κ2) is 13.6. The van der Waals surface area contributed by atoms with Gasteiger partial charge in [-0.2, -0.15) is 0 Å². The van der Waals surface area contributed by atoms with Crippen molar-refractivity contribution in [2.75, 3.05) is 20.6 Å². The second-order valence-electron chi connectivity index (χ2n) is 11.4. The van der Waals surface area contributed by atoms with Gasteiger partial charge in [0.05, 0.1) is 22.3 Å². The lowest BCUT2D eigenvalue weighted by Gasteiger charge is -2.34. The average Bonchev–Trinajstić information content (AvgIpc) is 3.56. The van der Waals surface area contributed by atoms with Crippen LogP contribution >= 0.6 is 11.3 Å². The summed E-state index contributed by atoms with van der Waals surface area (Å²) in [6.07, 6.45) is 2.61. The van der Waals surface area contributed by atoms with Gasteiger partial charge in [0.1, 0.15) is 11.0 Å². The minimum absolute atomic E-state index is 0.0181. The third kappa shape index (κ3) is 6.96. The minimum atomic E-state index is -0.858. The molecule has 4 rings (SSSR count). The van der Waals surface area contributed by atoms with Crippen molar-refractivity contribution in [1.82, 2.24) is 25.4 Å². The Kier molecular flexibility index (Phi) is 10.1. The van der Waals surface area contributed by atoms with E-state index < -0.39 is 12.1 Å². The Balaban J connectivity index is 1.65. The van der Waals surface area contributed by atoms with Gasteiger partial charge in [-0.15, -0.1) is 11.3 Å². The monoisotopic (exact) mass is 577 g/mol. The quantitative estimate of drug-likeness (QED) is 0.334. The van der Waals surface area contributed by atoms with E-state index in [-0.39, 0.29) is 42.3 Å². The van der Waals surface area contributed by atoms with Crippen LogP contribution in [0.25, 0.3) is 21.3 Å². The molecule has 0 radical (unpaired) electrons. The number of nitrogens with one attached hydrogen (secondary N) is 2. The van der Waals surface area contributed by atoms with Crippen molar-refractivity contribution in [2.45, 2.75) is 77.5 Å². The molecular formula is C32H43N5O3S. The van der Waals surface area contributed by atoms with Gasteiger partial charge in [0.15, 0.2) is 0 Å². The number of hydrogen-bond donors (Lipinski definition) is 2. The fraction of sp³-hybridized carbons (Fsp3) is 0.500. The van der Waals surface area contributed by atoms with E-state index in [0.717, 1.165) is 39.2 Å². The first-order chi connectivity index (χ1) is 19.6. The Morgan fingerprint density at radius 3 is 2.46 bits per heavy atom. The number of aromatic nitrogens is 1. The summed E-state index contributed by atoms with van der Waals surface area (Å²) in [5, 5.41) is 6.90. The number of thiazole rings is 1. The van der Waals surface area contributed by atoms with E-state index in [1.807, 2.05) is 49.9 Å². The molecule has 3 aromatic rings. The fourth-order valence-electron chi connectivity index (χ4n) is 5.60. The molecule has 4 atom stereocenters. The van der Waals surface area contributed by atoms with Gasteiger partial charge in [0.2, 0.25) is 17.7 Å². The number of benzene rings is 2. The molecule has 41 heavy (non-hydrogen) atoms. The highest BCUT2D eigenvalue weighted by molar-refractivity contribution is 7.18. The standard InChI is InChI=1S/C32H43N5O3S/c1-7-24(33-5)30(39)34-25(19-36(6)28(38)18-20(2)3)32(40)37-21(4)16-17-26(37)31-35-29-23(14-11-15-27(29)41-31)22-12-9-8-10-13-22/h8-15,20-21,24-26,33H,7,16-19H2,1-6H3,(H,34,39)/t21?,24-,25-,26-/m0/s1. The molecule has 0 saturated carbocycles. The average molecular weight is 578 g/mol. The lowest BCUT2D eigenvalue weighted by molar-refractivity contribution is -0.141. The SMILES string of the molecule is CC[C@H](NC)C(=O)N[C@@H](CN(C)C(=O)CC(C)C)C(=O)N1C(C)CC[C@H]1c1nc2c(-c3ccccc3)cccc2s1. The molecule has 0 spiro atoms. The maximum atomic E-state index is 14.3. The Bertz CT molecular complexity index is 1350. The zero-order valence-electron chi connectivity index (χ0n) is 25.0. The van der Waals surface area contributed by atoms with Crippen molar-refractivity contribution in [3.8, 4) is 11.1 Å². The summed E-state index contributed by atoms with van der Waals surface area (Å²) in [5.41, 5.74) is 3.12. The molecule has 220 valence electrons. The maximum Gasteiger partial charge on any atom is 0.247 e.